The van der Waals surface area contributed by atoms with Gasteiger partial charge in [0.2, 0.25) is 5.91 Å². The summed E-state index contributed by atoms with van der Waals surface area (Å²) < 4.78 is 42.8. The van der Waals surface area contributed by atoms with Gasteiger partial charge in [-0.1, -0.05) is 15.9 Å². The molecule has 1 aromatic rings. The number of carbonyl (C=O) groups is 1. The number of benzene rings is 1. The van der Waals surface area contributed by atoms with Crippen LogP contribution >= 0.6 is 15.9 Å². The van der Waals surface area contributed by atoms with Crippen LogP contribution in [0.3, 0.4) is 0 Å². The normalized spacial score (nSPS) is 11.2. The predicted molar refractivity (Wildman–Crippen MR) is 72.5 cm³/mol. The van der Waals surface area contributed by atoms with Crippen LogP contribution in [0.1, 0.15) is 5.56 Å². The van der Waals surface area contributed by atoms with Gasteiger partial charge in [-0.2, -0.15) is 13.2 Å². The lowest BCUT2D eigenvalue weighted by Crippen LogP contribution is -2.32. The molecule has 0 bridgehead atoms. The monoisotopic (exact) mass is 354 g/mol. The molecule has 0 aliphatic heterocycles. The summed E-state index contributed by atoms with van der Waals surface area (Å²) in [5, 5.41) is 5.19. The van der Waals surface area contributed by atoms with Crippen LogP contribution in [-0.2, 0) is 15.7 Å². The highest BCUT2D eigenvalue weighted by atomic mass is 79.9. The fourth-order valence-electron chi connectivity index (χ4n) is 1.39. The first-order valence-corrected chi connectivity index (χ1v) is 6.50. The molecule has 0 heterocycles. The Hall–Kier alpha value is -1.28. The van der Waals surface area contributed by atoms with Crippen molar-refractivity contribution in [2.75, 3.05) is 32.1 Å². The molecule has 8 heteroatoms. The average molecular weight is 355 g/mol. The Morgan fingerprint density at radius 3 is 2.70 bits per heavy atom. The molecule has 0 fully saturated rings. The Morgan fingerprint density at radius 1 is 1.40 bits per heavy atom. The molecule has 0 saturated carbocycles. The van der Waals surface area contributed by atoms with E-state index in [4.69, 9.17) is 4.74 Å². The summed E-state index contributed by atoms with van der Waals surface area (Å²) in [6.45, 7) is 0.621. The molecule has 0 aliphatic rings. The summed E-state index contributed by atoms with van der Waals surface area (Å²) in [5.41, 5.74) is -0.565. The van der Waals surface area contributed by atoms with Gasteiger partial charge in [0, 0.05) is 23.8 Å². The number of alkyl halides is 3. The van der Waals surface area contributed by atoms with E-state index in [1.807, 2.05) is 0 Å². The van der Waals surface area contributed by atoms with Crippen LogP contribution in [0.25, 0.3) is 0 Å². The van der Waals surface area contributed by atoms with Crippen molar-refractivity contribution in [3.63, 3.8) is 0 Å². The number of rotatable bonds is 6. The average Bonchev–Trinajstić information content (AvgIpc) is 2.36. The minimum absolute atomic E-state index is 0.0416. The van der Waals surface area contributed by atoms with Gasteiger partial charge in [-0.3, -0.25) is 4.79 Å². The van der Waals surface area contributed by atoms with Crippen molar-refractivity contribution in [1.82, 2.24) is 5.32 Å². The molecule has 1 rings (SSSR count). The molecule has 0 aromatic heterocycles. The van der Waals surface area contributed by atoms with Gasteiger partial charge in [0.15, 0.2) is 0 Å². The van der Waals surface area contributed by atoms with E-state index < -0.39 is 11.7 Å². The molecule has 0 unspecified atom stereocenters. The molecule has 1 aromatic carbocycles. The van der Waals surface area contributed by atoms with E-state index in [0.717, 1.165) is 6.07 Å². The first kappa shape index (κ1) is 16.8. The Morgan fingerprint density at radius 2 is 2.10 bits per heavy atom. The van der Waals surface area contributed by atoms with Crippen molar-refractivity contribution in [3.05, 3.63) is 28.2 Å². The summed E-state index contributed by atoms with van der Waals surface area (Å²) in [6, 6.07) is 3.70. The second kappa shape index (κ2) is 7.49. The van der Waals surface area contributed by atoms with Gasteiger partial charge in [0.25, 0.3) is 0 Å². The van der Waals surface area contributed by atoms with Crippen molar-refractivity contribution in [2.45, 2.75) is 6.18 Å². The third-order valence-electron chi connectivity index (χ3n) is 2.35. The van der Waals surface area contributed by atoms with Gasteiger partial charge in [-0.25, -0.2) is 0 Å². The Bertz CT molecular complexity index is 467. The van der Waals surface area contributed by atoms with E-state index in [0.29, 0.717) is 13.2 Å². The van der Waals surface area contributed by atoms with E-state index >= 15 is 0 Å². The summed E-state index contributed by atoms with van der Waals surface area (Å²) in [4.78, 5) is 11.4. The SMILES string of the molecule is COCCNC(=O)CNc1ccc(Br)c(C(F)(F)F)c1. The number of hydrogen-bond donors (Lipinski definition) is 2. The first-order valence-electron chi connectivity index (χ1n) is 5.71. The lowest BCUT2D eigenvalue weighted by Gasteiger charge is -2.12. The van der Waals surface area contributed by atoms with Gasteiger partial charge >= 0.3 is 6.18 Å². The van der Waals surface area contributed by atoms with E-state index in [1.165, 1.54) is 19.2 Å². The number of ether oxygens (including phenoxy) is 1. The van der Waals surface area contributed by atoms with Gasteiger partial charge in [0.1, 0.15) is 0 Å². The Kier molecular flexibility index (Phi) is 6.28. The summed E-state index contributed by atoms with van der Waals surface area (Å²) in [7, 11) is 1.50. The van der Waals surface area contributed by atoms with Crippen LogP contribution in [-0.4, -0.2) is 32.7 Å². The van der Waals surface area contributed by atoms with Crippen molar-refractivity contribution in [1.29, 1.82) is 0 Å². The van der Waals surface area contributed by atoms with Gasteiger partial charge in [-0.15, -0.1) is 0 Å². The quantitative estimate of drug-likeness (QED) is 0.772. The van der Waals surface area contributed by atoms with Crippen molar-refractivity contribution >= 4 is 27.5 Å². The number of hydrogen-bond acceptors (Lipinski definition) is 3. The number of halogens is 4. The lowest BCUT2D eigenvalue weighted by molar-refractivity contribution is -0.138. The van der Waals surface area contributed by atoms with E-state index in [-0.39, 0.29) is 22.6 Å². The van der Waals surface area contributed by atoms with E-state index in [2.05, 4.69) is 26.6 Å². The maximum Gasteiger partial charge on any atom is 0.417 e. The molecule has 0 radical (unpaired) electrons. The maximum atomic E-state index is 12.7. The van der Waals surface area contributed by atoms with Crippen LogP contribution in [0, 0.1) is 0 Å². The fraction of sp³-hybridized carbons (Fsp3) is 0.417. The smallest absolute Gasteiger partial charge is 0.383 e. The zero-order chi connectivity index (χ0) is 15.2. The molecule has 0 spiro atoms. The largest absolute Gasteiger partial charge is 0.417 e. The van der Waals surface area contributed by atoms with Crippen molar-refractivity contribution in [2.24, 2.45) is 0 Å². The highest BCUT2D eigenvalue weighted by Crippen LogP contribution is 2.36. The molecular weight excluding hydrogens is 341 g/mol. The minimum atomic E-state index is -4.45. The summed E-state index contributed by atoms with van der Waals surface area (Å²) in [6.07, 6.45) is -4.45. The summed E-state index contributed by atoms with van der Waals surface area (Å²) in [5.74, 6) is -0.321. The second-order valence-electron chi connectivity index (χ2n) is 3.89. The third kappa shape index (κ3) is 5.38. The Balaban J connectivity index is 2.59. The van der Waals surface area contributed by atoms with Crippen molar-refractivity contribution < 1.29 is 22.7 Å². The van der Waals surface area contributed by atoms with Crippen LogP contribution in [0.5, 0.6) is 0 Å². The van der Waals surface area contributed by atoms with Crippen LogP contribution in [0.2, 0.25) is 0 Å². The van der Waals surface area contributed by atoms with Gasteiger partial charge in [-0.05, 0) is 18.2 Å². The van der Waals surface area contributed by atoms with E-state index in [1.54, 1.807) is 0 Å². The van der Waals surface area contributed by atoms with Crippen LogP contribution in [0.15, 0.2) is 22.7 Å². The van der Waals surface area contributed by atoms with Crippen molar-refractivity contribution in [3.8, 4) is 0 Å². The third-order valence-corrected chi connectivity index (χ3v) is 3.04. The number of methoxy groups -OCH3 is 1. The second-order valence-corrected chi connectivity index (χ2v) is 4.74. The molecule has 2 N–H and O–H groups in total. The van der Waals surface area contributed by atoms with Gasteiger partial charge in [0.05, 0.1) is 18.7 Å². The van der Waals surface area contributed by atoms with Crippen LogP contribution in [0.4, 0.5) is 18.9 Å². The zero-order valence-corrected chi connectivity index (χ0v) is 12.3. The number of anilines is 1. The standard InChI is InChI=1S/C12H14BrF3N2O2/c1-20-5-4-17-11(19)7-18-8-2-3-10(13)9(6-8)12(14,15)16/h2-3,6,18H,4-5,7H2,1H3,(H,17,19). The Labute approximate surface area is 122 Å². The molecule has 0 atom stereocenters. The first-order chi connectivity index (χ1) is 9.34. The number of nitrogens with one attached hydrogen (secondary N) is 2. The highest BCUT2D eigenvalue weighted by molar-refractivity contribution is 9.10. The molecule has 112 valence electrons. The summed E-state index contributed by atoms with van der Waals surface area (Å²) >= 11 is 2.85. The molecule has 1 amide bonds. The van der Waals surface area contributed by atoms with Gasteiger partial charge < -0.3 is 15.4 Å². The molecule has 20 heavy (non-hydrogen) atoms. The molecule has 4 nitrogen and oxygen atoms in total. The molecule has 0 aliphatic carbocycles. The minimum Gasteiger partial charge on any atom is -0.383 e. The zero-order valence-electron chi connectivity index (χ0n) is 10.7. The fourth-order valence-corrected chi connectivity index (χ4v) is 1.86. The topological polar surface area (TPSA) is 50.4 Å². The lowest BCUT2D eigenvalue weighted by atomic mass is 10.2. The van der Waals surface area contributed by atoms with E-state index in [9.17, 15) is 18.0 Å². The maximum absolute atomic E-state index is 12.7. The number of amides is 1. The highest BCUT2D eigenvalue weighted by Gasteiger charge is 2.33. The van der Waals surface area contributed by atoms with Crippen LogP contribution < -0.4 is 10.6 Å². The predicted octanol–water partition coefficient (Wildman–Crippen LogP) is 2.64. The number of carbonyl (C=O) groups excluding carboxylic acids is 1. The molecule has 0 saturated heterocycles. The molecular formula is C12H14BrF3N2O2.